The highest BCUT2D eigenvalue weighted by Crippen LogP contribution is 2.51. The summed E-state index contributed by atoms with van der Waals surface area (Å²) < 4.78 is 0. The van der Waals surface area contributed by atoms with Gasteiger partial charge in [-0.25, -0.2) is 0 Å². The molecular weight excluding hydrogens is 264 g/mol. The number of hydrogen-bond donors (Lipinski definition) is 0. The number of Topliss-reactive ketones (excluding diaryl/α,β-unsaturated/α-hetero) is 1. The number of carbonyl (C=O) groups is 1. The van der Waals surface area contributed by atoms with E-state index in [1.807, 2.05) is 23.9 Å². The molecule has 3 rings (SSSR count). The summed E-state index contributed by atoms with van der Waals surface area (Å²) in [5.74, 6) is 0.480. The van der Waals surface area contributed by atoms with Crippen molar-refractivity contribution in [3.8, 4) is 0 Å². The van der Waals surface area contributed by atoms with Crippen molar-refractivity contribution in [1.29, 1.82) is 0 Å². The summed E-state index contributed by atoms with van der Waals surface area (Å²) in [5, 5.41) is 0.549. The van der Waals surface area contributed by atoms with Gasteiger partial charge in [-0.2, -0.15) is 0 Å². The lowest BCUT2D eigenvalue weighted by molar-refractivity contribution is -0.122. The monoisotopic (exact) mass is 282 g/mol. The zero-order chi connectivity index (χ0) is 13.9. The summed E-state index contributed by atoms with van der Waals surface area (Å²) in [7, 11) is 0. The second-order valence-corrected chi connectivity index (χ2v) is 6.67. The smallest absolute Gasteiger partial charge is 0.138 e. The molecule has 0 aliphatic carbocycles. The summed E-state index contributed by atoms with van der Waals surface area (Å²) in [6, 6.07) is 20.8. The van der Waals surface area contributed by atoms with Gasteiger partial charge in [-0.15, -0.1) is 11.8 Å². The SMILES string of the molecule is C[C@@H]1C(=O)C[C@@H](c2ccccc2)S[C@H]1c1ccccc1. The summed E-state index contributed by atoms with van der Waals surface area (Å²) in [6.45, 7) is 2.06. The van der Waals surface area contributed by atoms with Gasteiger partial charge in [-0.1, -0.05) is 67.6 Å². The second kappa shape index (κ2) is 5.84. The lowest BCUT2D eigenvalue weighted by atomic mass is 9.92. The van der Waals surface area contributed by atoms with E-state index in [4.69, 9.17) is 0 Å². The zero-order valence-corrected chi connectivity index (χ0v) is 12.3. The Morgan fingerprint density at radius 1 is 0.900 bits per heavy atom. The first kappa shape index (κ1) is 13.4. The number of benzene rings is 2. The predicted molar refractivity (Wildman–Crippen MR) is 84.7 cm³/mol. The van der Waals surface area contributed by atoms with Crippen LogP contribution < -0.4 is 0 Å². The molecule has 102 valence electrons. The Morgan fingerprint density at radius 2 is 1.45 bits per heavy atom. The van der Waals surface area contributed by atoms with Crippen LogP contribution in [0, 0.1) is 5.92 Å². The standard InChI is InChI=1S/C18H18OS/c1-13-16(19)12-17(14-8-4-2-5-9-14)20-18(13)15-10-6-3-7-11-15/h2-11,13,17-18H,12H2,1H3/t13-,17+,18-/m1/s1. The van der Waals surface area contributed by atoms with Crippen molar-refractivity contribution in [1.82, 2.24) is 0 Å². The number of carbonyl (C=O) groups excluding carboxylic acids is 1. The third kappa shape index (κ3) is 2.66. The molecule has 1 fully saturated rings. The summed E-state index contributed by atoms with van der Waals surface area (Å²) in [5.41, 5.74) is 2.53. The number of ketones is 1. The lowest BCUT2D eigenvalue weighted by Crippen LogP contribution is -2.25. The van der Waals surface area contributed by atoms with Gasteiger partial charge in [0.15, 0.2) is 0 Å². The minimum atomic E-state index is 0.0994. The van der Waals surface area contributed by atoms with Crippen molar-refractivity contribution in [2.45, 2.75) is 23.8 Å². The predicted octanol–water partition coefficient (Wildman–Crippen LogP) is 4.81. The molecule has 2 aromatic rings. The third-order valence-corrected chi connectivity index (χ3v) is 5.70. The molecule has 0 unspecified atom stereocenters. The van der Waals surface area contributed by atoms with E-state index in [1.165, 1.54) is 11.1 Å². The molecule has 0 bridgehead atoms. The molecule has 1 nitrogen and oxygen atoms in total. The normalized spacial score (nSPS) is 26.4. The van der Waals surface area contributed by atoms with Gasteiger partial charge in [0.25, 0.3) is 0 Å². The maximum atomic E-state index is 12.3. The molecule has 0 radical (unpaired) electrons. The second-order valence-electron chi connectivity index (χ2n) is 5.33. The quantitative estimate of drug-likeness (QED) is 0.786. The Kier molecular flexibility index (Phi) is 3.93. The van der Waals surface area contributed by atoms with E-state index in [-0.39, 0.29) is 16.4 Å². The van der Waals surface area contributed by atoms with Crippen molar-refractivity contribution in [2.24, 2.45) is 5.92 Å². The van der Waals surface area contributed by atoms with Gasteiger partial charge in [0.05, 0.1) is 0 Å². The van der Waals surface area contributed by atoms with E-state index in [0.29, 0.717) is 12.2 Å². The van der Waals surface area contributed by atoms with Gasteiger partial charge in [-0.05, 0) is 11.1 Å². The Hall–Kier alpha value is -1.54. The first-order valence-electron chi connectivity index (χ1n) is 7.04. The molecular formula is C18H18OS. The average Bonchev–Trinajstić information content (AvgIpc) is 2.51. The Morgan fingerprint density at radius 3 is 2.05 bits per heavy atom. The molecule has 2 aromatic carbocycles. The highest BCUT2D eigenvalue weighted by molar-refractivity contribution is 7.99. The average molecular weight is 282 g/mol. The van der Waals surface area contributed by atoms with Crippen molar-refractivity contribution >= 4 is 17.5 Å². The Balaban J connectivity index is 1.89. The fraction of sp³-hybridized carbons (Fsp3) is 0.278. The third-order valence-electron chi connectivity index (χ3n) is 3.96. The first-order valence-corrected chi connectivity index (χ1v) is 7.98. The molecule has 20 heavy (non-hydrogen) atoms. The summed E-state index contributed by atoms with van der Waals surface area (Å²) >= 11 is 1.93. The van der Waals surface area contributed by atoms with Crippen molar-refractivity contribution < 1.29 is 4.79 Å². The molecule has 1 aliphatic rings. The number of rotatable bonds is 2. The molecule has 0 amide bonds. The summed E-state index contributed by atoms with van der Waals surface area (Å²) in [4.78, 5) is 12.3. The Bertz CT molecular complexity index is 579. The topological polar surface area (TPSA) is 17.1 Å². The fourth-order valence-electron chi connectivity index (χ4n) is 2.75. The van der Waals surface area contributed by atoms with E-state index in [0.717, 1.165) is 0 Å². The van der Waals surface area contributed by atoms with Crippen LogP contribution in [0.25, 0.3) is 0 Å². The van der Waals surface area contributed by atoms with Crippen LogP contribution in [-0.2, 0) is 4.79 Å². The fourth-order valence-corrected chi connectivity index (χ4v) is 4.38. The highest BCUT2D eigenvalue weighted by atomic mass is 32.2. The number of hydrogen-bond acceptors (Lipinski definition) is 2. The minimum absolute atomic E-state index is 0.0994. The van der Waals surface area contributed by atoms with Gasteiger partial charge in [0.1, 0.15) is 5.78 Å². The lowest BCUT2D eigenvalue weighted by Gasteiger charge is -2.33. The molecule has 1 heterocycles. The molecule has 3 atom stereocenters. The van der Waals surface area contributed by atoms with Crippen molar-refractivity contribution in [2.75, 3.05) is 0 Å². The largest absolute Gasteiger partial charge is 0.299 e. The van der Waals surface area contributed by atoms with Gasteiger partial charge in [0, 0.05) is 22.8 Å². The summed E-state index contributed by atoms with van der Waals surface area (Å²) in [6.07, 6.45) is 0.652. The first-order chi connectivity index (χ1) is 9.75. The molecule has 2 heteroatoms. The van der Waals surface area contributed by atoms with E-state index < -0.39 is 0 Å². The zero-order valence-electron chi connectivity index (χ0n) is 11.5. The van der Waals surface area contributed by atoms with E-state index in [1.54, 1.807) is 0 Å². The van der Waals surface area contributed by atoms with Gasteiger partial charge in [-0.3, -0.25) is 4.79 Å². The number of thioether (sulfide) groups is 1. The van der Waals surface area contributed by atoms with Crippen molar-refractivity contribution in [3.05, 3.63) is 71.8 Å². The molecule has 0 N–H and O–H groups in total. The minimum Gasteiger partial charge on any atom is -0.299 e. The van der Waals surface area contributed by atoms with Gasteiger partial charge >= 0.3 is 0 Å². The maximum absolute atomic E-state index is 12.3. The molecule has 1 saturated heterocycles. The highest BCUT2D eigenvalue weighted by Gasteiger charge is 2.35. The van der Waals surface area contributed by atoms with E-state index >= 15 is 0 Å². The van der Waals surface area contributed by atoms with Crippen LogP contribution in [0.4, 0.5) is 0 Å². The van der Waals surface area contributed by atoms with Crippen LogP contribution in [0.3, 0.4) is 0 Å². The van der Waals surface area contributed by atoms with Crippen LogP contribution in [0.1, 0.15) is 35.0 Å². The van der Waals surface area contributed by atoms with Crippen LogP contribution in [0.15, 0.2) is 60.7 Å². The van der Waals surface area contributed by atoms with Crippen LogP contribution in [0.5, 0.6) is 0 Å². The van der Waals surface area contributed by atoms with Gasteiger partial charge < -0.3 is 0 Å². The van der Waals surface area contributed by atoms with Gasteiger partial charge in [0.2, 0.25) is 0 Å². The van der Waals surface area contributed by atoms with Crippen molar-refractivity contribution in [3.63, 3.8) is 0 Å². The molecule has 1 aliphatic heterocycles. The van der Waals surface area contributed by atoms with Crippen LogP contribution in [-0.4, -0.2) is 5.78 Å². The molecule has 0 saturated carbocycles. The van der Waals surface area contributed by atoms with E-state index in [9.17, 15) is 4.79 Å². The van der Waals surface area contributed by atoms with E-state index in [2.05, 4.69) is 55.5 Å². The van der Waals surface area contributed by atoms with Crippen LogP contribution >= 0.6 is 11.8 Å². The Labute approximate surface area is 124 Å². The molecule has 0 aromatic heterocycles. The maximum Gasteiger partial charge on any atom is 0.138 e. The molecule has 0 spiro atoms. The van der Waals surface area contributed by atoms with Crippen LogP contribution in [0.2, 0.25) is 0 Å².